The van der Waals surface area contributed by atoms with Crippen LogP contribution in [0, 0.1) is 0 Å². The summed E-state index contributed by atoms with van der Waals surface area (Å²) in [7, 11) is -4.59. The number of carbonyl (C=O) groups excluding carboxylic acids is 1. The van der Waals surface area contributed by atoms with Crippen LogP contribution in [0.4, 0.5) is 22.0 Å². The Labute approximate surface area is 297 Å². The van der Waals surface area contributed by atoms with Gasteiger partial charge in [-0.3, -0.25) is 4.79 Å². The maximum Gasteiger partial charge on any atom is 0.490 e. The fourth-order valence-corrected chi connectivity index (χ4v) is 7.04. The number of sulfonamides is 1. The van der Waals surface area contributed by atoms with E-state index in [9.17, 15) is 26.4 Å². The third kappa shape index (κ3) is 10.4. The van der Waals surface area contributed by atoms with Crippen LogP contribution >= 0.6 is 11.6 Å². The van der Waals surface area contributed by atoms with Crippen molar-refractivity contribution in [3.05, 3.63) is 65.2 Å². The largest absolute Gasteiger partial charge is 0.492 e. The second-order valence-electron chi connectivity index (χ2n) is 12.3. The minimum Gasteiger partial charge on any atom is -0.492 e. The van der Waals surface area contributed by atoms with Crippen LogP contribution in [-0.4, -0.2) is 74.4 Å². The van der Waals surface area contributed by atoms with Gasteiger partial charge >= 0.3 is 12.1 Å². The number of hydrogen-bond acceptors (Lipinski definition) is 7. The Kier molecular flexibility index (Phi) is 13.1. The Morgan fingerprint density at radius 1 is 0.980 bits per heavy atom. The molecule has 1 atom stereocenters. The van der Waals surface area contributed by atoms with E-state index in [1.807, 2.05) is 13.0 Å². The lowest BCUT2D eigenvalue weighted by Crippen LogP contribution is -2.58. The van der Waals surface area contributed by atoms with Gasteiger partial charge in [0.05, 0.1) is 22.6 Å². The van der Waals surface area contributed by atoms with Crippen molar-refractivity contribution in [3.63, 3.8) is 0 Å². The fraction of sp³-hybridized carbons (Fsp3) is 0.471. The second kappa shape index (κ2) is 16.7. The number of likely N-dealkylation sites (tertiary alicyclic amines) is 1. The molecule has 3 aromatic rings. The van der Waals surface area contributed by atoms with Crippen LogP contribution in [0.3, 0.4) is 0 Å². The normalized spacial score (nSPS) is 16.7. The van der Waals surface area contributed by atoms with E-state index < -0.39 is 45.6 Å². The van der Waals surface area contributed by atoms with Gasteiger partial charge in [0.25, 0.3) is 5.92 Å². The zero-order valence-corrected chi connectivity index (χ0v) is 29.2. The second-order valence-corrected chi connectivity index (χ2v) is 14.5. The number of aliphatic carboxylic acids is 1. The quantitative estimate of drug-likeness (QED) is 0.185. The van der Waals surface area contributed by atoms with E-state index >= 15 is 8.78 Å². The van der Waals surface area contributed by atoms with Gasteiger partial charge in [0.2, 0.25) is 15.9 Å². The third-order valence-corrected chi connectivity index (χ3v) is 10.2. The first-order valence-corrected chi connectivity index (χ1v) is 18.2. The van der Waals surface area contributed by atoms with Gasteiger partial charge in [-0.05, 0) is 92.1 Å². The molecule has 17 heteroatoms. The lowest BCUT2D eigenvalue weighted by molar-refractivity contribution is -0.192. The number of amides is 1. The number of carboxylic acids is 1. The lowest BCUT2D eigenvalue weighted by atomic mass is 9.98. The van der Waals surface area contributed by atoms with Crippen molar-refractivity contribution in [3.8, 4) is 11.5 Å². The van der Waals surface area contributed by atoms with Crippen LogP contribution in [0.1, 0.15) is 57.4 Å². The molecule has 0 radical (unpaired) electrons. The van der Waals surface area contributed by atoms with E-state index in [0.29, 0.717) is 30.4 Å². The number of carbonyl (C=O) groups is 2. The Morgan fingerprint density at radius 2 is 1.59 bits per heavy atom. The molecule has 2 fully saturated rings. The Balaban J connectivity index is 0.000000755. The summed E-state index contributed by atoms with van der Waals surface area (Å²) in [4.78, 5) is 23.5. The molecule has 4 N–H and O–H groups in total. The van der Waals surface area contributed by atoms with Crippen molar-refractivity contribution in [1.29, 1.82) is 0 Å². The highest BCUT2D eigenvalue weighted by Crippen LogP contribution is 2.38. The number of fused-ring (bicyclic) bond motifs is 1. The smallest absolute Gasteiger partial charge is 0.490 e. The van der Waals surface area contributed by atoms with Crippen LogP contribution in [-0.2, 0) is 25.5 Å². The molecule has 0 bridgehead atoms. The molecule has 51 heavy (non-hydrogen) atoms. The van der Waals surface area contributed by atoms with Crippen LogP contribution in [0.5, 0.6) is 11.5 Å². The van der Waals surface area contributed by atoms with E-state index in [2.05, 4.69) is 4.72 Å². The predicted octanol–water partition coefficient (Wildman–Crippen LogP) is 6.63. The maximum atomic E-state index is 16.3. The van der Waals surface area contributed by atoms with Gasteiger partial charge in [0, 0.05) is 24.7 Å². The van der Waals surface area contributed by atoms with Crippen molar-refractivity contribution in [2.75, 3.05) is 19.7 Å². The fourth-order valence-electron chi connectivity index (χ4n) is 5.65. The first kappa shape index (κ1) is 40.0. The van der Waals surface area contributed by atoms with Gasteiger partial charge in [-0.15, -0.1) is 0 Å². The minimum atomic E-state index is -5.08. The monoisotopic (exact) mass is 763 g/mol. The third-order valence-electron chi connectivity index (χ3n) is 8.45. The van der Waals surface area contributed by atoms with E-state index in [1.54, 1.807) is 18.2 Å². The van der Waals surface area contributed by atoms with Gasteiger partial charge in [-0.1, -0.05) is 36.7 Å². The van der Waals surface area contributed by atoms with Gasteiger partial charge in [0.1, 0.15) is 11.5 Å². The van der Waals surface area contributed by atoms with Crippen LogP contribution in [0.15, 0.2) is 59.5 Å². The molecule has 2 aliphatic rings. The van der Waals surface area contributed by atoms with E-state index in [1.165, 1.54) is 23.1 Å². The number of piperidine rings is 1. The molecule has 0 spiro atoms. The summed E-state index contributed by atoms with van der Waals surface area (Å²) in [5.74, 6) is -7.04. The molecule has 3 aromatic carbocycles. The van der Waals surface area contributed by atoms with Crippen molar-refractivity contribution in [2.45, 2.75) is 87.1 Å². The SMILES string of the molecule is CCCOc1cc(C(F)(F)[C@@H](NS(=O)(=O)c2ccc3cc(OC4CCCC4)ccc3c2)C(=O)N2CCC(N)CC2)ccc1Cl.O=C(O)C(F)(F)F. The number of alkyl halides is 5. The molecule has 280 valence electrons. The Morgan fingerprint density at radius 3 is 2.20 bits per heavy atom. The Hall–Kier alpha value is -3.73. The van der Waals surface area contributed by atoms with Crippen molar-refractivity contribution < 1.29 is 54.5 Å². The first-order chi connectivity index (χ1) is 23.9. The van der Waals surface area contributed by atoms with Crippen molar-refractivity contribution in [1.82, 2.24) is 9.62 Å². The number of hydrogen-bond donors (Lipinski definition) is 3. The van der Waals surface area contributed by atoms with Crippen molar-refractivity contribution >= 4 is 44.3 Å². The molecule has 10 nitrogen and oxygen atoms in total. The first-order valence-electron chi connectivity index (χ1n) is 16.3. The van der Waals surface area contributed by atoms with Gasteiger partial charge in [-0.25, -0.2) is 13.2 Å². The molecule has 1 amide bonds. The number of nitrogens with one attached hydrogen (secondary N) is 1. The predicted molar refractivity (Wildman–Crippen MR) is 180 cm³/mol. The van der Waals surface area contributed by atoms with Gasteiger partial charge < -0.3 is 25.2 Å². The molecular formula is C34H39ClF5N3O7S. The topological polar surface area (TPSA) is 148 Å². The standard InChI is InChI=1S/C32H38ClF2N3O5S.C2HF3O2/c1-2-17-42-29-20-23(9-12-28(29)33)32(34,35)30(31(39)38-15-13-24(36)14-16-38)37-44(40,41)27-11-8-21-18-26(10-7-22(21)19-27)43-25-5-3-4-6-25;3-2(4,5)1(6)7/h7-12,18-20,24-25,30,37H,2-6,13-17,36H2,1H3;(H,6,7)/t30-;/m0./s1. The van der Waals surface area contributed by atoms with E-state index in [4.69, 9.17) is 36.7 Å². The van der Waals surface area contributed by atoms with Gasteiger partial charge in [-0.2, -0.15) is 26.7 Å². The highest BCUT2D eigenvalue weighted by molar-refractivity contribution is 7.89. The summed E-state index contributed by atoms with van der Waals surface area (Å²) in [6.07, 6.45) is 0.803. The number of nitrogens with two attached hydrogens (primary N) is 1. The molecule has 1 saturated heterocycles. The molecule has 0 unspecified atom stereocenters. The molecule has 5 rings (SSSR count). The summed E-state index contributed by atoms with van der Waals surface area (Å²) >= 11 is 6.17. The molecular weight excluding hydrogens is 725 g/mol. The summed E-state index contributed by atoms with van der Waals surface area (Å²) in [5, 5.41) is 8.57. The zero-order valence-electron chi connectivity index (χ0n) is 27.6. The molecule has 1 heterocycles. The summed E-state index contributed by atoms with van der Waals surface area (Å²) in [5.41, 5.74) is 5.36. The molecule has 1 aliphatic heterocycles. The minimum absolute atomic E-state index is 0.0227. The summed E-state index contributed by atoms with van der Waals surface area (Å²) in [6, 6.07) is 10.5. The summed E-state index contributed by atoms with van der Waals surface area (Å²) < 4.78 is 105. The highest BCUT2D eigenvalue weighted by atomic mass is 35.5. The van der Waals surface area contributed by atoms with Gasteiger partial charge in [0.15, 0.2) is 6.04 Å². The van der Waals surface area contributed by atoms with Crippen LogP contribution in [0.25, 0.3) is 10.8 Å². The van der Waals surface area contributed by atoms with E-state index in [-0.39, 0.29) is 47.5 Å². The van der Waals surface area contributed by atoms with Crippen LogP contribution in [0.2, 0.25) is 5.02 Å². The van der Waals surface area contributed by atoms with Crippen LogP contribution < -0.4 is 19.9 Å². The number of halogens is 6. The number of carboxylic acid groups (broad SMARTS) is 1. The highest BCUT2D eigenvalue weighted by Gasteiger charge is 2.50. The average molecular weight is 764 g/mol. The molecule has 1 saturated carbocycles. The number of rotatable bonds is 11. The average Bonchev–Trinajstić information content (AvgIpc) is 3.59. The van der Waals surface area contributed by atoms with Crippen molar-refractivity contribution in [2.24, 2.45) is 5.73 Å². The Bertz CT molecular complexity index is 1800. The number of ether oxygens (including phenoxy) is 2. The summed E-state index contributed by atoms with van der Waals surface area (Å²) in [6.45, 7) is 2.38. The number of benzene rings is 3. The van der Waals surface area contributed by atoms with E-state index in [0.717, 1.165) is 43.2 Å². The number of nitrogens with zero attached hydrogens (tertiary/aromatic N) is 1. The maximum absolute atomic E-state index is 16.3. The molecule has 1 aliphatic carbocycles. The molecule has 0 aromatic heterocycles. The zero-order chi connectivity index (χ0) is 37.6. The lowest BCUT2D eigenvalue weighted by Gasteiger charge is -2.35.